The lowest BCUT2D eigenvalue weighted by Crippen LogP contribution is -2.41. The zero-order valence-corrected chi connectivity index (χ0v) is 14.7. The topological polar surface area (TPSA) is 67.2 Å². The van der Waals surface area contributed by atoms with E-state index in [1.54, 1.807) is 0 Å². The van der Waals surface area contributed by atoms with Crippen LogP contribution >= 0.6 is 12.4 Å². The largest absolute Gasteiger partial charge is 0.332 e. The molecule has 0 bridgehead atoms. The SMILES string of the molecule is Cc1ccccc1CC1(NC(=O)Nc2cccc(CN)c2)CC1.Cl. The number of hydrogen-bond donors (Lipinski definition) is 3. The number of benzene rings is 2. The van der Waals surface area contributed by atoms with E-state index >= 15 is 0 Å². The van der Waals surface area contributed by atoms with Gasteiger partial charge in [0.1, 0.15) is 0 Å². The lowest BCUT2D eigenvalue weighted by atomic mass is 10.00. The fraction of sp³-hybridized carbons (Fsp3) is 0.316. The average Bonchev–Trinajstić information content (AvgIpc) is 3.29. The van der Waals surface area contributed by atoms with Crippen molar-refractivity contribution in [2.24, 2.45) is 5.73 Å². The summed E-state index contributed by atoms with van der Waals surface area (Å²) in [6.07, 6.45) is 2.94. The maximum Gasteiger partial charge on any atom is 0.319 e. The first kappa shape index (κ1) is 18.3. The second kappa shape index (κ2) is 7.69. The van der Waals surface area contributed by atoms with Gasteiger partial charge in [-0.1, -0.05) is 36.4 Å². The number of anilines is 1. The summed E-state index contributed by atoms with van der Waals surface area (Å²) < 4.78 is 0. The van der Waals surface area contributed by atoms with Crippen molar-refractivity contribution in [1.29, 1.82) is 0 Å². The maximum atomic E-state index is 12.3. The number of carbonyl (C=O) groups is 1. The molecule has 0 aliphatic heterocycles. The van der Waals surface area contributed by atoms with Crippen molar-refractivity contribution in [3.05, 3.63) is 65.2 Å². The highest BCUT2D eigenvalue weighted by atomic mass is 35.5. The molecule has 2 amide bonds. The minimum atomic E-state index is -0.148. The second-order valence-electron chi connectivity index (χ2n) is 6.37. The van der Waals surface area contributed by atoms with Gasteiger partial charge in [0.05, 0.1) is 0 Å². The van der Waals surface area contributed by atoms with Gasteiger partial charge in [0, 0.05) is 17.8 Å². The molecule has 1 fully saturated rings. The summed E-state index contributed by atoms with van der Waals surface area (Å²) in [5.74, 6) is 0. The van der Waals surface area contributed by atoms with E-state index < -0.39 is 0 Å². The lowest BCUT2D eigenvalue weighted by molar-refractivity contribution is 0.247. The summed E-state index contributed by atoms with van der Waals surface area (Å²) in [6, 6.07) is 15.8. The molecule has 1 aliphatic carbocycles. The number of rotatable bonds is 5. The predicted octanol–water partition coefficient (Wildman–Crippen LogP) is 3.77. The van der Waals surface area contributed by atoms with Crippen molar-refractivity contribution in [2.45, 2.75) is 38.3 Å². The average molecular weight is 346 g/mol. The van der Waals surface area contributed by atoms with Gasteiger partial charge < -0.3 is 16.4 Å². The number of nitrogens with one attached hydrogen (secondary N) is 2. The molecule has 1 saturated carbocycles. The van der Waals surface area contributed by atoms with Crippen LogP contribution in [0.25, 0.3) is 0 Å². The number of carbonyl (C=O) groups excluding carboxylic acids is 1. The van der Waals surface area contributed by atoms with Crippen LogP contribution in [0.15, 0.2) is 48.5 Å². The van der Waals surface area contributed by atoms with Crippen LogP contribution in [0, 0.1) is 6.92 Å². The van der Waals surface area contributed by atoms with Gasteiger partial charge in [0.2, 0.25) is 0 Å². The van der Waals surface area contributed by atoms with Gasteiger partial charge in [-0.2, -0.15) is 0 Å². The minimum absolute atomic E-state index is 0. The Labute approximate surface area is 149 Å². The van der Waals surface area contributed by atoms with Gasteiger partial charge in [-0.25, -0.2) is 4.79 Å². The number of aryl methyl sites for hydroxylation is 1. The quantitative estimate of drug-likeness (QED) is 0.772. The van der Waals surface area contributed by atoms with E-state index in [0.29, 0.717) is 6.54 Å². The van der Waals surface area contributed by atoms with E-state index in [0.717, 1.165) is 30.5 Å². The van der Waals surface area contributed by atoms with Gasteiger partial charge in [-0.05, 0) is 55.0 Å². The molecule has 128 valence electrons. The molecule has 2 aromatic carbocycles. The highest BCUT2D eigenvalue weighted by Crippen LogP contribution is 2.39. The van der Waals surface area contributed by atoms with Gasteiger partial charge in [0.15, 0.2) is 0 Å². The van der Waals surface area contributed by atoms with Gasteiger partial charge >= 0.3 is 6.03 Å². The third-order valence-corrected chi connectivity index (χ3v) is 4.44. The van der Waals surface area contributed by atoms with E-state index in [4.69, 9.17) is 5.73 Å². The van der Waals surface area contributed by atoms with E-state index in [9.17, 15) is 4.79 Å². The summed E-state index contributed by atoms with van der Waals surface area (Å²) in [5, 5.41) is 6.06. The van der Waals surface area contributed by atoms with Crippen LogP contribution in [0.4, 0.5) is 10.5 Å². The van der Waals surface area contributed by atoms with Gasteiger partial charge in [-0.3, -0.25) is 0 Å². The number of halogens is 1. The van der Waals surface area contributed by atoms with Crippen LogP contribution in [0.1, 0.15) is 29.5 Å². The Morgan fingerprint density at radius 2 is 1.92 bits per heavy atom. The van der Waals surface area contributed by atoms with Crippen molar-refractivity contribution in [3.63, 3.8) is 0 Å². The number of amides is 2. The molecular weight excluding hydrogens is 322 g/mol. The van der Waals surface area contributed by atoms with Crippen LogP contribution < -0.4 is 16.4 Å². The van der Waals surface area contributed by atoms with Gasteiger partial charge in [0.25, 0.3) is 0 Å². The normalized spacial score (nSPS) is 14.4. The summed E-state index contributed by atoms with van der Waals surface area (Å²) >= 11 is 0. The summed E-state index contributed by atoms with van der Waals surface area (Å²) in [5.41, 5.74) is 9.89. The van der Waals surface area contributed by atoms with Crippen LogP contribution in [-0.4, -0.2) is 11.6 Å². The molecule has 0 atom stereocenters. The summed E-state index contributed by atoms with van der Waals surface area (Å²) in [7, 11) is 0. The molecule has 3 rings (SSSR count). The fourth-order valence-electron chi connectivity index (χ4n) is 2.85. The zero-order valence-electron chi connectivity index (χ0n) is 13.8. The molecular formula is C19H24ClN3O. The maximum absolute atomic E-state index is 12.3. The number of urea groups is 1. The summed E-state index contributed by atoms with van der Waals surface area (Å²) in [4.78, 5) is 12.3. The lowest BCUT2D eigenvalue weighted by Gasteiger charge is -2.19. The monoisotopic (exact) mass is 345 g/mol. The summed E-state index contributed by atoms with van der Waals surface area (Å²) in [6.45, 7) is 2.58. The first-order valence-electron chi connectivity index (χ1n) is 8.03. The molecule has 24 heavy (non-hydrogen) atoms. The molecule has 0 unspecified atom stereocenters. The first-order chi connectivity index (χ1) is 11.1. The van der Waals surface area contributed by atoms with E-state index in [2.05, 4.69) is 35.8 Å². The third-order valence-electron chi connectivity index (χ3n) is 4.44. The Balaban J connectivity index is 0.00000208. The van der Waals surface area contributed by atoms with Crippen molar-refractivity contribution in [1.82, 2.24) is 5.32 Å². The van der Waals surface area contributed by atoms with E-state index in [1.807, 2.05) is 30.3 Å². The molecule has 0 radical (unpaired) electrons. The van der Waals surface area contributed by atoms with E-state index in [1.165, 1.54) is 11.1 Å². The first-order valence-corrected chi connectivity index (χ1v) is 8.03. The Morgan fingerprint density at radius 1 is 1.17 bits per heavy atom. The number of hydrogen-bond acceptors (Lipinski definition) is 2. The fourth-order valence-corrected chi connectivity index (χ4v) is 2.85. The Morgan fingerprint density at radius 3 is 2.58 bits per heavy atom. The molecule has 5 heteroatoms. The molecule has 0 saturated heterocycles. The minimum Gasteiger partial charge on any atom is -0.332 e. The highest BCUT2D eigenvalue weighted by molar-refractivity contribution is 5.90. The van der Waals surface area contributed by atoms with Crippen LogP contribution in [-0.2, 0) is 13.0 Å². The Kier molecular flexibility index (Phi) is 5.86. The molecule has 0 spiro atoms. The Hall–Kier alpha value is -2.04. The van der Waals surface area contributed by atoms with Crippen molar-refractivity contribution < 1.29 is 4.79 Å². The van der Waals surface area contributed by atoms with Crippen LogP contribution in [0.3, 0.4) is 0 Å². The van der Waals surface area contributed by atoms with Crippen molar-refractivity contribution in [2.75, 3.05) is 5.32 Å². The molecule has 0 aromatic heterocycles. The Bertz CT molecular complexity index is 713. The molecule has 4 N–H and O–H groups in total. The van der Waals surface area contributed by atoms with Gasteiger partial charge in [-0.15, -0.1) is 12.4 Å². The van der Waals surface area contributed by atoms with Crippen molar-refractivity contribution in [3.8, 4) is 0 Å². The molecule has 4 nitrogen and oxygen atoms in total. The smallest absolute Gasteiger partial charge is 0.319 e. The van der Waals surface area contributed by atoms with Crippen LogP contribution in [0.5, 0.6) is 0 Å². The highest BCUT2D eigenvalue weighted by Gasteiger charge is 2.44. The molecule has 2 aromatic rings. The predicted molar refractivity (Wildman–Crippen MR) is 101 cm³/mol. The van der Waals surface area contributed by atoms with Crippen molar-refractivity contribution >= 4 is 24.1 Å². The second-order valence-corrected chi connectivity index (χ2v) is 6.37. The standard InChI is InChI=1S/C19H23N3O.ClH/c1-14-5-2-3-7-16(14)12-19(9-10-19)22-18(23)21-17-8-4-6-15(11-17)13-20;/h2-8,11H,9-10,12-13,20H2,1H3,(H2,21,22,23);1H. The molecule has 0 heterocycles. The number of nitrogens with two attached hydrogens (primary N) is 1. The van der Waals surface area contributed by atoms with Crippen LogP contribution in [0.2, 0.25) is 0 Å². The molecule has 1 aliphatic rings. The van der Waals surface area contributed by atoms with E-state index in [-0.39, 0.29) is 24.0 Å². The zero-order chi connectivity index (χ0) is 16.3. The third kappa shape index (κ3) is 4.49.